The normalized spacial score (nSPS) is 48.2. The van der Waals surface area contributed by atoms with E-state index >= 15 is 0 Å². The molecule has 0 radical (unpaired) electrons. The number of aliphatic hydroxyl groups excluding tert-OH is 1. The fraction of sp³-hybridized carbons (Fsp3) is 0.778. The third-order valence-electron chi connectivity index (χ3n) is 6.77. The Morgan fingerprint density at radius 2 is 2.16 bits per heavy atom. The van der Waals surface area contributed by atoms with E-state index in [0.29, 0.717) is 6.61 Å². The summed E-state index contributed by atoms with van der Waals surface area (Å²) in [4.78, 5) is 0. The lowest BCUT2D eigenvalue weighted by Crippen LogP contribution is -2.46. The lowest BCUT2D eigenvalue weighted by molar-refractivity contribution is -0.0234. The minimum atomic E-state index is 0.164. The molecule has 0 saturated heterocycles. The van der Waals surface area contributed by atoms with Crippen molar-refractivity contribution in [3.8, 4) is 0 Å². The summed E-state index contributed by atoms with van der Waals surface area (Å²) in [6.45, 7) is 0.380. The predicted octanol–water partition coefficient (Wildman–Crippen LogP) is 4.09. The molecule has 0 bridgehead atoms. The molecule has 4 aliphatic carbocycles. The maximum absolute atomic E-state index is 9.91. The van der Waals surface area contributed by atoms with Gasteiger partial charge in [-0.25, -0.2) is 0 Å². The van der Waals surface area contributed by atoms with Gasteiger partial charge in [0.1, 0.15) is 0 Å². The predicted molar refractivity (Wildman–Crippen MR) is 77.6 cm³/mol. The molecule has 1 nitrogen and oxygen atoms in total. The van der Waals surface area contributed by atoms with Crippen LogP contribution in [-0.2, 0) is 0 Å². The van der Waals surface area contributed by atoms with Crippen LogP contribution in [0.1, 0.15) is 51.4 Å². The van der Waals surface area contributed by atoms with Crippen LogP contribution >= 0.6 is 0 Å². The highest BCUT2D eigenvalue weighted by Crippen LogP contribution is 2.59. The molecule has 0 amide bonds. The van der Waals surface area contributed by atoms with E-state index in [4.69, 9.17) is 0 Å². The van der Waals surface area contributed by atoms with Crippen molar-refractivity contribution in [2.24, 2.45) is 29.1 Å². The molecule has 4 rings (SSSR count). The molecule has 0 aromatic rings. The molecule has 1 N–H and O–H groups in total. The van der Waals surface area contributed by atoms with Gasteiger partial charge in [0.2, 0.25) is 0 Å². The van der Waals surface area contributed by atoms with Crippen molar-refractivity contribution < 1.29 is 5.11 Å². The van der Waals surface area contributed by atoms with Crippen LogP contribution < -0.4 is 0 Å². The molecule has 5 atom stereocenters. The van der Waals surface area contributed by atoms with Crippen LogP contribution in [0.4, 0.5) is 0 Å². The lowest BCUT2D eigenvalue weighted by atomic mass is 9.52. The van der Waals surface area contributed by atoms with E-state index in [1.165, 1.54) is 51.4 Å². The standard InChI is InChI=1S/C18H26O/c19-12-18-10-3-6-17(18)16-8-7-13-4-1-2-5-14(13)15(16)9-11-18/h3-4,10,14-17,19H,1-2,5-9,11-12H2/t14-,15+,16+,17-,18-/m0/s1. The van der Waals surface area contributed by atoms with Gasteiger partial charge >= 0.3 is 0 Å². The monoisotopic (exact) mass is 258 g/mol. The third-order valence-corrected chi connectivity index (χ3v) is 6.77. The summed E-state index contributed by atoms with van der Waals surface area (Å²) in [6, 6.07) is 0. The lowest BCUT2D eigenvalue weighted by Gasteiger charge is -2.53. The first kappa shape index (κ1) is 12.2. The van der Waals surface area contributed by atoms with Crippen LogP contribution in [0, 0.1) is 29.1 Å². The van der Waals surface area contributed by atoms with Crippen LogP contribution in [0.5, 0.6) is 0 Å². The van der Waals surface area contributed by atoms with Crippen molar-refractivity contribution in [1.29, 1.82) is 0 Å². The second-order valence-corrected chi connectivity index (χ2v) is 7.36. The molecule has 4 aliphatic rings. The zero-order valence-corrected chi connectivity index (χ0v) is 11.9. The SMILES string of the molecule is OC[C@@]12C=CC[C@H]1[C@@H]1CCC3=CCCC[C@@H]3[C@H]1CC2. The minimum absolute atomic E-state index is 0.164. The summed E-state index contributed by atoms with van der Waals surface area (Å²) in [7, 11) is 0. The number of fused-ring (bicyclic) bond motifs is 5. The number of hydrogen-bond donors (Lipinski definition) is 1. The molecular formula is C18H26O. The van der Waals surface area contributed by atoms with Gasteiger partial charge in [0.15, 0.2) is 0 Å². The summed E-state index contributed by atoms with van der Waals surface area (Å²) < 4.78 is 0. The van der Waals surface area contributed by atoms with E-state index in [2.05, 4.69) is 18.2 Å². The molecule has 19 heavy (non-hydrogen) atoms. The molecule has 0 heterocycles. The third kappa shape index (κ3) is 1.70. The molecule has 104 valence electrons. The van der Waals surface area contributed by atoms with Gasteiger partial charge in [-0.2, -0.15) is 0 Å². The average molecular weight is 258 g/mol. The molecule has 0 aromatic carbocycles. The molecule has 1 heteroatoms. The Balaban J connectivity index is 1.63. The highest BCUT2D eigenvalue weighted by Gasteiger charge is 2.52. The summed E-state index contributed by atoms with van der Waals surface area (Å²) in [5.41, 5.74) is 1.96. The van der Waals surface area contributed by atoms with Crippen molar-refractivity contribution in [1.82, 2.24) is 0 Å². The number of allylic oxidation sites excluding steroid dienone is 3. The van der Waals surface area contributed by atoms with Gasteiger partial charge in [-0.05, 0) is 75.0 Å². The molecule has 0 aromatic heterocycles. The van der Waals surface area contributed by atoms with Crippen molar-refractivity contribution in [2.75, 3.05) is 6.61 Å². The summed E-state index contributed by atoms with van der Waals surface area (Å²) in [6.07, 6.45) is 18.0. The fourth-order valence-corrected chi connectivity index (χ4v) is 5.86. The van der Waals surface area contributed by atoms with Gasteiger partial charge in [0, 0.05) is 5.41 Å². The van der Waals surface area contributed by atoms with Crippen LogP contribution in [0.2, 0.25) is 0 Å². The Morgan fingerprint density at radius 3 is 3.05 bits per heavy atom. The van der Waals surface area contributed by atoms with E-state index in [1.54, 1.807) is 5.57 Å². The largest absolute Gasteiger partial charge is 0.395 e. The first-order chi connectivity index (χ1) is 9.34. The maximum atomic E-state index is 9.91. The number of aliphatic hydroxyl groups is 1. The molecule has 0 unspecified atom stereocenters. The zero-order valence-electron chi connectivity index (χ0n) is 11.9. The van der Waals surface area contributed by atoms with Crippen LogP contribution in [0.3, 0.4) is 0 Å². The zero-order chi connectivity index (χ0) is 12.9. The summed E-state index contributed by atoms with van der Waals surface area (Å²) in [5, 5.41) is 9.91. The van der Waals surface area contributed by atoms with Crippen molar-refractivity contribution in [2.45, 2.75) is 51.4 Å². The van der Waals surface area contributed by atoms with Crippen LogP contribution in [-0.4, -0.2) is 11.7 Å². The minimum Gasteiger partial charge on any atom is -0.395 e. The summed E-state index contributed by atoms with van der Waals surface area (Å²) >= 11 is 0. The van der Waals surface area contributed by atoms with Gasteiger partial charge in [-0.3, -0.25) is 0 Å². The Labute approximate surface area is 116 Å². The van der Waals surface area contributed by atoms with Gasteiger partial charge in [-0.1, -0.05) is 23.8 Å². The number of hydrogen-bond acceptors (Lipinski definition) is 1. The number of rotatable bonds is 1. The Kier molecular flexibility index (Phi) is 2.88. The maximum Gasteiger partial charge on any atom is 0.0524 e. The highest BCUT2D eigenvalue weighted by atomic mass is 16.3. The van der Waals surface area contributed by atoms with E-state index in [1.807, 2.05) is 0 Å². The molecule has 0 aliphatic heterocycles. The first-order valence-electron chi connectivity index (χ1n) is 8.31. The smallest absolute Gasteiger partial charge is 0.0524 e. The average Bonchev–Trinajstić information content (AvgIpc) is 2.91. The second-order valence-electron chi connectivity index (χ2n) is 7.36. The molecule has 0 spiro atoms. The van der Waals surface area contributed by atoms with Crippen LogP contribution in [0.25, 0.3) is 0 Å². The van der Waals surface area contributed by atoms with Crippen molar-refractivity contribution in [3.63, 3.8) is 0 Å². The van der Waals surface area contributed by atoms with Gasteiger partial charge in [0.05, 0.1) is 6.61 Å². The van der Waals surface area contributed by atoms with Gasteiger partial charge in [0.25, 0.3) is 0 Å². The topological polar surface area (TPSA) is 20.2 Å². The highest BCUT2D eigenvalue weighted by molar-refractivity contribution is 5.21. The Morgan fingerprint density at radius 1 is 1.21 bits per heavy atom. The van der Waals surface area contributed by atoms with Crippen molar-refractivity contribution >= 4 is 0 Å². The summed E-state index contributed by atoms with van der Waals surface area (Å²) in [5.74, 6) is 3.48. The van der Waals surface area contributed by atoms with Crippen molar-refractivity contribution in [3.05, 3.63) is 23.8 Å². The second kappa shape index (κ2) is 4.48. The fourth-order valence-electron chi connectivity index (χ4n) is 5.86. The van der Waals surface area contributed by atoms with Gasteiger partial charge < -0.3 is 5.11 Å². The van der Waals surface area contributed by atoms with Crippen LogP contribution in [0.15, 0.2) is 23.8 Å². The van der Waals surface area contributed by atoms with E-state index in [9.17, 15) is 5.11 Å². The van der Waals surface area contributed by atoms with E-state index in [0.717, 1.165) is 23.7 Å². The Hall–Kier alpha value is -0.560. The Bertz CT molecular complexity index is 421. The molecule has 2 saturated carbocycles. The first-order valence-corrected chi connectivity index (χ1v) is 8.31. The quantitative estimate of drug-likeness (QED) is 0.702. The molecule has 2 fully saturated rings. The van der Waals surface area contributed by atoms with E-state index in [-0.39, 0.29) is 5.41 Å². The van der Waals surface area contributed by atoms with E-state index < -0.39 is 0 Å². The van der Waals surface area contributed by atoms with Gasteiger partial charge in [-0.15, -0.1) is 0 Å². The molecular weight excluding hydrogens is 232 g/mol.